The van der Waals surface area contributed by atoms with Crippen LogP contribution in [-0.2, 0) is 11.3 Å². The van der Waals surface area contributed by atoms with Crippen LogP contribution >= 0.6 is 0 Å². The molecule has 0 aliphatic heterocycles. The van der Waals surface area contributed by atoms with Gasteiger partial charge in [0.2, 0.25) is 5.91 Å². The van der Waals surface area contributed by atoms with Crippen LogP contribution in [0.2, 0.25) is 0 Å². The fourth-order valence-electron chi connectivity index (χ4n) is 2.94. The summed E-state index contributed by atoms with van der Waals surface area (Å²) in [6, 6.07) is 6.53. The van der Waals surface area contributed by atoms with Crippen molar-refractivity contribution >= 4 is 11.9 Å². The number of methoxy groups -OCH3 is 1. The van der Waals surface area contributed by atoms with E-state index >= 15 is 0 Å². The summed E-state index contributed by atoms with van der Waals surface area (Å²) in [6.45, 7) is 2.82. The first kappa shape index (κ1) is 19.1. The van der Waals surface area contributed by atoms with Crippen molar-refractivity contribution < 1.29 is 9.53 Å². The Morgan fingerprint density at radius 3 is 2.64 bits per heavy atom. The van der Waals surface area contributed by atoms with Gasteiger partial charge in [0.1, 0.15) is 5.75 Å². The van der Waals surface area contributed by atoms with Gasteiger partial charge in [-0.2, -0.15) is 0 Å². The fraction of sp³-hybridized carbons (Fsp3) is 0.579. The maximum absolute atomic E-state index is 11.9. The summed E-state index contributed by atoms with van der Waals surface area (Å²) in [5, 5.41) is 6.62. The van der Waals surface area contributed by atoms with Crippen molar-refractivity contribution in [2.75, 3.05) is 27.7 Å². The highest BCUT2D eigenvalue weighted by Crippen LogP contribution is 2.18. The molecule has 0 radical (unpaired) electrons. The molecule has 138 valence electrons. The fourth-order valence-corrected chi connectivity index (χ4v) is 2.94. The number of nitrogens with zero attached hydrogens (tertiary/aromatic N) is 2. The molecule has 0 saturated heterocycles. The second-order valence-corrected chi connectivity index (χ2v) is 6.79. The van der Waals surface area contributed by atoms with Crippen molar-refractivity contribution in [2.24, 2.45) is 4.99 Å². The SMILES string of the molecule is COc1cc(C)cc(CN=C(NCC(=O)N(C)C)NC2CCCC2)c1. The van der Waals surface area contributed by atoms with Gasteiger partial charge in [-0.15, -0.1) is 0 Å². The molecule has 2 rings (SSSR count). The number of hydrogen-bond acceptors (Lipinski definition) is 3. The number of guanidine groups is 1. The molecule has 6 nitrogen and oxygen atoms in total. The summed E-state index contributed by atoms with van der Waals surface area (Å²) < 4.78 is 5.33. The molecule has 1 saturated carbocycles. The second kappa shape index (κ2) is 9.30. The zero-order valence-electron chi connectivity index (χ0n) is 15.8. The molecule has 2 N–H and O–H groups in total. The van der Waals surface area contributed by atoms with Gasteiger partial charge in [0.25, 0.3) is 0 Å². The highest BCUT2D eigenvalue weighted by atomic mass is 16.5. The summed E-state index contributed by atoms with van der Waals surface area (Å²) in [6.07, 6.45) is 4.80. The Morgan fingerprint density at radius 2 is 2.00 bits per heavy atom. The van der Waals surface area contributed by atoms with Crippen LogP contribution in [0, 0.1) is 6.92 Å². The maximum atomic E-state index is 11.9. The smallest absolute Gasteiger partial charge is 0.241 e. The van der Waals surface area contributed by atoms with Gasteiger partial charge < -0.3 is 20.3 Å². The lowest BCUT2D eigenvalue weighted by Crippen LogP contribution is -2.46. The molecule has 1 aromatic rings. The molecule has 1 fully saturated rings. The average Bonchev–Trinajstić information content (AvgIpc) is 3.09. The van der Waals surface area contributed by atoms with Crippen LogP contribution in [0.5, 0.6) is 5.75 Å². The Kier molecular flexibility index (Phi) is 7.10. The topological polar surface area (TPSA) is 66.0 Å². The minimum Gasteiger partial charge on any atom is -0.497 e. The van der Waals surface area contributed by atoms with E-state index in [1.807, 2.05) is 19.1 Å². The molecule has 0 atom stereocenters. The second-order valence-electron chi connectivity index (χ2n) is 6.79. The van der Waals surface area contributed by atoms with Crippen molar-refractivity contribution in [3.05, 3.63) is 29.3 Å². The van der Waals surface area contributed by atoms with E-state index in [0.29, 0.717) is 18.5 Å². The highest BCUT2D eigenvalue weighted by Gasteiger charge is 2.16. The number of aryl methyl sites for hydroxylation is 1. The summed E-state index contributed by atoms with van der Waals surface area (Å²) >= 11 is 0. The summed E-state index contributed by atoms with van der Waals surface area (Å²) in [7, 11) is 5.18. The molecule has 1 aliphatic carbocycles. The molecule has 1 aliphatic rings. The number of amides is 1. The quantitative estimate of drug-likeness (QED) is 0.611. The first-order valence-corrected chi connectivity index (χ1v) is 8.87. The number of rotatable bonds is 6. The molecular formula is C19H30N4O2. The summed E-state index contributed by atoms with van der Waals surface area (Å²) in [5.74, 6) is 1.56. The van der Waals surface area contributed by atoms with Gasteiger partial charge in [-0.25, -0.2) is 4.99 Å². The Hall–Kier alpha value is -2.24. The normalized spacial score (nSPS) is 15.1. The monoisotopic (exact) mass is 346 g/mol. The number of aliphatic imine (C=N–C) groups is 1. The molecule has 6 heteroatoms. The van der Waals surface area contributed by atoms with E-state index < -0.39 is 0 Å². The Morgan fingerprint density at radius 1 is 1.28 bits per heavy atom. The minimum atomic E-state index is 0.0261. The number of hydrogen-bond donors (Lipinski definition) is 2. The summed E-state index contributed by atoms with van der Waals surface area (Å²) in [4.78, 5) is 18.1. The molecule has 1 amide bonds. The highest BCUT2D eigenvalue weighted by molar-refractivity contribution is 5.86. The third-order valence-electron chi connectivity index (χ3n) is 4.37. The minimum absolute atomic E-state index is 0.0261. The van der Waals surface area contributed by atoms with Crippen LogP contribution < -0.4 is 15.4 Å². The number of benzene rings is 1. The molecule has 25 heavy (non-hydrogen) atoms. The first-order chi connectivity index (χ1) is 12.0. The predicted octanol–water partition coefficient (Wildman–Crippen LogP) is 2.07. The lowest BCUT2D eigenvalue weighted by molar-refractivity contribution is -0.127. The third kappa shape index (κ3) is 6.29. The van der Waals surface area contributed by atoms with Crippen molar-refractivity contribution in [3.8, 4) is 5.75 Å². The molecule has 0 unspecified atom stereocenters. The van der Waals surface area contributed by atoms with Crippen LogP contribution in [0.1, 0.15) is 36.8 Å². The molecule has 0 spiro atoms. The number of likely N-dealkylation sites (N-methyl/N-ethyl adjacent to an activating group) is 1. The van der Waals surface area contributed by atoms with Gasteiger partial charge >= 0.3 is 0 Å². The molecule has 0 bridgehead atoms. The van der Waals surface area contributed by atoms with E-state index in [4.69, 9.17) is 4.74 Å². The number of ether oxygens (including phenoxy) is 1. The molecular weight excluding hydrogens is 316 g/mol. The van der Waals surface area contributed by atoms with Gasteiger partial charge in [0.15, 0.2) is 5.96 Å². The van der Waals surface area contributed by atoms with Gasteiger partial charge in [0, 0.05) is 20.1 Å². The standard InChI is InChI=1S/C19H30N4O2/c1-14-9-15(11-17(10-14)25-4)12-20-19(21-13-18(24)23(2)3)22-16-7-5-6-8-16/h9-11,16H,5-8,12-13H2,1-4H3,(H2,20,21,22). The van der Waals surface area contributed by atoms with E-state index in [1.165, 1.54) is 12.8 Å². The van der Waals surface area contributed by atoms with Gasteiger partial charge in [0.05, 0.1) is 20.2 Å². The average molecular weight is 346 g/mol. The van der Waals surface area contributed by atoms with Crippen molar-refractivity contribution in [1.29, 1.82) is 0 Å². The predicted molar refractivity (Wildman–Crippen MR) is 101 cm³/mol. The van der Waals surface area contributed by atoms with Crippen LogP contribution in [0.15, 0.2) is 23.2 Å². The molecule has 0 heterocycles. The van der Waals surface area contributed by atoms with Gasteiger partial charge in [-0.05, 0) is 43.0 Å². The molecule has 0 aromatic heterocycles. The first-order valence-electron chi connectivity index (χ1n) is 8.87. The molecule has 1 aromatic carbocycles. The van der Waals surface area contributed by atoms with E-state index in [1.54, 1.807) is 26.1 Å². The number of carbonyl (C=O) groups is 1. The van der Waals surface area contributed by atoms with Crippen LogP contribution in [0.3, 0.4) is 0 Å². The van der Waals surface area contributed by atoms with Gasteiger partial charge in [-0.3, -0.25) is 4.79 Å². The number of carbonyl (C=O) groups excluding carboxylic acids is 1. The van der Waals surface area contributed by atoms with E-state index in [-0.39, 0.29) is 12.5 Å². The van der Waals surface area contributed by atoms with Crippen molar-refractivity contribution in [2.45, 2.75) is 45.2 Å². The maximum Gasteiger partial charge on any atom is 0.241 e. The Balaban J connectivity index is 2.05. The van der Waals surface area contributed by atoms with E-state index in [0.717, 1.165) is 29.7 Å². The lowest BCUT2D eigenvalue weighted by Gasteiger charge is -2.18. The largest absolute Gasteiger partial charge is 0.497 e. The van der Waals surface area contributed by atoms with E-state index in [9.17, 15) is 4.79 Å². The third-order valence-corrected chi connectivity index (χ3v) is 4.37. The van der Waals surface area contributed by atoms with Crippen molar-refractivity contribution in [1.82, 2.24) is 15.5 Å². The Bertz CT molecular complexity index is 607. The van der Waals surface area contributed by atoms with Crippen LogP contribution in [-0.4, -0.2) is 50.6 Å². The summed E-state index contributed by atoms with van der Waals surface area (Å²) in [5.41, 5.74) is 2.23. The zero-order valence-corrected chi connectivity index (χ0v) is 15.8. The van der Waals surface area contributed by atoms with E-state index in [2.05, 4.69) is 21.7 Å². The Labute approximate surface area is 150 Å². The number of nitrogens with one attached hydrogen (secondary N) is 2. The van der Waals surface area contributed by atoms with Crippen LogP contribution in [0.25, 0.3) is 0 Å². The van der Waals surface area contributed by atoms with Gasteiger partial charge in [-0.1, -0.05) is 18.9 Å². The zero-order chi connectivity index (χ0) is 18.2. The lowest BCUT2D eigenvalue weighted by atomic mass is 10.1. The van der Waals surface area contributed by atoms with Crippen LogP contribution in [0.4, 0.5) is 0 Å². The van der Waals surface area contributed by atoms with Crippen molar-refractivity contribution in [3.63, 3.8) is 0 Å².